The minimum absolute atomic E-state index is 0.0375. The van der Waals surface area contributed by atoms with Gasteiger partial charge in [-0.15, -0.1) is 4.68 Å². The van der Waals surface area contributed by atoms with Crippen molar-refractivity contribution in [2.45, 2.75) is 58.9 Å². The molecule has 2 aromatic heterocycles. The highest BCUT2D eigenvalue weighted by molar-refractivity contribution is 5.95. The number of carbonyl (C=O) groups is 1. The average molecular weight is 427 g/mol. The van der Waals surface area contributed by atoms with Gasteiger partial charge in [0.25, 0.3) is 5.88 Å². The summed E-state index contributed by atoms with van der Waals surface area (Å²) in [6.07, 6.45) is 3.21. The monoisotopic (exact) mass is 426 g/mol. The predicted molar refractivity (Wildman–Crippen MR) is 119 cm³/mol. The first kappa shape index (κ1) is 22.5. The maximum absolute atomic E-state index is 13.1. The van der Waals surface area contributed by atoms with E-state index in [1.165, 1.54) is 4.52 Å². The number of benzene rings is 1. The standard InChI is InChI=1S/C23H32N5O3/c1-6-7-8-11-31-20-9-10-21-27(26-22(24)28(21)25-20)15-19(29)16-12-17(23(2,3)4)14-18(13-16)30-5/h9-10,12-14H,6-8,11,15H2,1-5H3,(H2,24,26)/q+1. The molecule has 166 valence electrons. The maximum Gasteiger partial charge on any atom is 0.355 e. The van der Waals surface area contributed by atoms with Crippen molar-refractivity contribution in [2.24, 2.45) is 0 Å². The summed E-state index contributed by atoms with van der Waals surface area (Å²) in [5.74, 6) is 1.24. The van der Waals surface area contributed by atoms with Crippen LogP contribution < -0.4 is 19.9 Å². The lowest BCUT2D eigenvalue weighted by Crippen LogP contribution is -2.40. The van der Waals surface area contributed by atoms with Crippen LogP contribution in [-0.2, 0) is 12.0 Å². The van der Waals surface area contributed by atoms with Gasteiger partial charge in [0.15, 0.2) is 6.54 Å². The molecular weight excluding hydrogens is 394 g/mol. The number of ketones is 1. The van der Waals surface area contributed by atoms with Crippen molar-refractivity contribution in [1.82, 2.24) is 14.7 Å². The lowest BCUT2D eigenvalue weighted by molar-refractivity contribution is -0.714. The number of nitrogens with two attached hydrogens (primary N) is 1. The van der Waals surface area contributed by atoms with Gasteiger partial charge in [-0.05, 0) is 45.8 Å². The van der Waals surface area contributed by atoms with E-state index in [1.807, 2.05) is 18.2 Å². The van der Waals surface area contributed by atoms with Crippen molar-refractivity contribution < 1.29 is 19.0 Å². The molecule has 0 aliphatic carbocycles. The Balaban J connectivity index is 1.84. The average Bonchev–Trinajstić information content (AvgIpc) is 3.05. The first-order valence-corrected chi connectivity index (χ1v) is 10.6. The van der Waals surface area contributed by atoms with Crippen molar-refractivity contribution in [1.29, 1.82) is 0 Å². The summed E-state index contributed by atoms with van der Waals surface area (Å²) >= 11 is 0. The van der Waals surface area contributed by atoms with Crippen LogP contribution in [0.1, 0.15) is 62.9 Å². The molecule has 2 heterocycles. The highest BCUT2D eigenvalue weighted by Crippen LogP contribution is 2.28. The molecule has 1 aromatic carbocycles. The molecule has 3 aromatic rings. The maximum atomic E-state index is 13.1. The van der Waals surface area contributed by atoms with E-state index in [0.717, 1.165) is 24.8 Å². The fraction of sp³-hybridized carbons (Fsp3) is 0.478. The molecule has 31 heavy (non-hydrogen) atoms. The topological polar surface area (TPSA) is 95.6 Å². The predicted octanol–water partition coefficient (Wildman–Crippen LogP) is 3.36. The molecule has 0 fully saturated rings. The van der Waals surface area contributed by atoms with Gasteiger partial charge in [-0.3, -0.25) is 4.79 Å². The van der Waals surface area contributed by atoms with Crippen molar-refractivity contribution in [3.05, 3.63) is 41.5 Å². The van der Waals surface area contributed by atoms with Crippen molar-refractivity contribution in [3.8, 4) is 11.6 Å². The van der Waals surface area contributed by atoms with E-state index < -0.39 is 0 Å². The van der Waals surface area contributed by atoms with Gasteiger partial charge < -0.3 is 15.2 Å². The Hall–Kier alpha value is -3.16. The first-order chi connectivity index (χ1) is 14.7. The van der Waals surface area contributed by atoms with E-state index in [4.69, 9.17) is 15.2 Å². The summed E-state index contributed by atoms with van der Waals surface area (Å²) in [7, 11) is 1.60. The number of Topliss-reactive ketones (excluding diaryl/α,β-unsaturated/α-hetero) is 1. The zero-order valence-electron chi connectivity index (χ0n) is 19.0. The van der Waals surface area contributed by atoms with E-state index in [0.29, 0.717) is 29.4 Å². The number of methoxy groups -OCH3 is 1. The van der Waals surface area contributed by atoms with Gasteiger partial charge in [0, 0.05) is 17.7 Å². The van der Waals surface area contributed by atoms with Crippen LogP contribution in [0.4, 0.5) is 5.95 Å². The van der Waals surface area contributed by atoms with E-state index >= 15 is 0 Å². The van der Waals surface area contributed by atoms with E-state index in [9.17, 15) is 4.79 Å². The Morgan fingerprint density at radius 2 is 1.97 bits per heavy atom. The molecule has 0 saturated carbocycles. The van der Waals surface area contributed by atoms with Gasteiger partial charge in [-0.1, -0.05) is 45.1 Å². The molecule has 0 radical (unpaired) electrons. The third-order valence-electron chi connectivity index (χ3n) is 5.12. The van der Waals surface area contributed by atoms with Crippen LogP contribution in [0.3, 0.4) is 0 Å². The number of rotatable bonds is 9. The molecule has 0 aliphatic heterocycles. The number of unbranched alkanes of at least 4 members (excludes halogenated alkanes) is 2. The highest BCUT2D eigenvalue weighted by atomic mass is 16.5. The molecular formula is C23H32N5O3+. The Bertz CT molecular complexity index is 1070. The number of nitrogen functional groups attached to an aromatic ring is 1. The van der Waals surface area contributed by atoms with Crippen molar-refractivity contribution >= 4 is 17.4 Å². The second kappa shape index (κ2) is 9.32. The number of carbonyl (C=O) groups excluding carboxylic acids is 1. The number of ether oxygens (including phenoxy) is 2. The molecule has 0 atom stereocenters. The van der Waals surface area contributed by atoms with Gasteiger partial charge in [-0.2, -0.15) is 0 Å². The quantitative estimate of drug-likeness (QED) is 0.320. The minimum Gasteiger partial charge on any atom is -0.497 e. The molecule has 0 unspecified atom stereocenters. The lowest BCUT2D eigenvalue weighted by atomic mass is 9.85. The van der Waals surface area contributed by atoms with E-state index in [2.05, 4.69) is 37.9 Å². The third-order valence-corrected chi connectivity index (χ3v) is 5.12. The third kappa shape index (κ3) is 5.31. The molecule has 0 saturated heterocycles. The smallest absolute Gasteiger partial charge is 0.355 e. The van der Waals surface area contributed by atoms with Crippen LogP contribution in [0.25, 0.3) is 5.65 Å². The second-order valence-electron chi connectivity index (χ2n) is 8.64. The van der Waals surface area contributed by atoms with Crippen LogP contribution >= 0.6 is 0 Å². The lowest BCUT2D eigenvalue weighted by Gasteiger charge is -2.20. The Morgan fingerprint density at radius 1 is 1.19 bits per heavy atom. The Morgan fingerprint density at radius 3 is 2.65 bits per heavy atom. The van der Waals surface area contributed by atoms with Gasteiger partial charge in [0.2, 0.25) is 5.78 Å². The summed E-state index contributed by atoms with van der Waals surface area (Å²) in [5.41, 5.74) is 8.15. The SMILES string of the molecule is CCCCCOc1ccc2n(n1)c(N)n[n+]2CC(=O)c1cc(OC)cc(C(C)(C)C)c1. The number of anilines is 1. The summed E-state index contributed by atoms with van der Waals surface area (Å²) in [4.78, 5) is 13.1. The van der Waals surface area contributed by atoms with Crippen LogP contribution in [-0.4, -0.2) is 34.2 Å². The number of aromatic nitrogens is 4. The molecule has 0 amide bonds. The molecule has 8 nitrogen and oxygen atoms in total. The largest absolute Gasteiger partial charge is 0.497 e. The van der Waals surface area contributed by atoms with Crippen molar-refractivity contribution in [3.63, 3.8) is 0 Å². The van der Waals surface area contributed by atoms with Crippen LogP contribution in [0.5, 0.6) is 11.6 Å². The summed E-state index contributed by atoms with van der Waals surface area (Å²) in [6.45, 7) is 9.08. The van der Waals surface area contributed by atoms with Crippen LogP contribution in [0.15, 0.2) is 30.3 Å². The van der Waals surface area contributed by atoms with Gasteiger partial charge in [0.05, 0.1) is 13.7 Å². The normalized spacial score (nSPS) is 11.6. The van der Waals surface area contributed by atoms with E-state index in [-0.39, 0.29) is 23.7 Å². The zero-order chi connectivity index (χ0) is 22.6. The fourth-order valence-electron chi connectivity index (χ4n) is 3.24. The number of nitrogens with zero attached hydrogens (tertiary/aromatic N) is 4. The molecule has 2 N–H and O–H groups in total. The number of fused-ring (bicyclic) bond motifs is 1. The molecule has 3 rings (SSSR count). The number of hydrogen-bond donors (Lipinski definition) is 1. The molecule has 0 aliphatic rings. The fourth-order valence-corrected chi connectivity index (χ4v) is 3.24. The van der Waals surface area contributed by atoms with E-state index in [1.54, 1.807) is 23.9 Å². The molecule has 8 heteroatoms. The Kier molecular flexibility index (Phi) is 6.77. The number of hydrogen-bond acceptors (Lipinski definition) is 6. The highest BCUT2D eigenvalue weighted by Gasteiger charge is 2.24. The van der Waals surface area contributed by atoms with Crippen LogP contribution in [0, 0.1) is 0 Å². The molecule has 0 spiro atoms. The van der Waals surface area contributed by atoms with Gasteiger partial charge in [0.1, 0.15) is 5.75 Å². The van der Waals surface area contributed by atoms with Gasteiger partial charge >= 0.3 is 11.6 Å². The van der Waals surface area contributed by atoms with Crippen molar-refractivity contribution in [2.75, 3.05) is 19.5 Å². The Labute approximate surface area is 183 Å². The summed E-state index contributed by atoms with van der Waals surface area (Å²) < 4.78 is 14.2. The second-order valence-corrected chi connectivity index (χ2v) is 8.64. The first-order valence-electron chi connectivity index (χ1n) is 10.6. The summed E-state index contributed by atoms with van der Waals surface area (Å²) in [6, 6.07) is 9.20. The zero-order valence-corrected chi connectivity index (χ0v) is 19.0. The van der Waals surface area contributed by atoms with Crippen LogP contribution in [0.2, 0.25) is 0 Å². The summed E-state index contributed by atoms with van der Waals surface area (Å²) in [5, 5.41) is 8.71. The molecule has 0 bridgehead atoms. The van der Waals surface area contributed by atoms with Gasteiger partial charge in [-0.25, -0.2) is 0 Å². The minimum atomic E-state index is -0.111.